The Bertz CT molecular complexity index is 948. The number of nitrogen functional groups attached to an aromatic ring is 1. The van der Waals surface area contributed by atoms with E-state index < -0.39 is 17.6 Å². The van der Waals surface area contributed by atoms with Crippen LogP contribution in [0.3, 0.4) is 0 Å². The SMILES string of the molecule is CCOc1ccccc1C1C(C(=O)OC)=C(C)Nc2nc(=O)[nH]c(N)c21. The van der Waals surface area contributed by atoms with Crippen molar-refractivity contribution in [2.45, 2.75) is 19.8 Å². The van der Waals surface area contributed by atoms with E-state index in [1.807, 2.05) is 31.2 Å². The van der Waals surface area contributed by atoms with Gasteiger partial charge in [-0.3, -0.25) is 4.98 Å². The number of aromatic amines is 1. The molecule has 4 N–H and O–H groups in total. The molecule has 8 heteroatoms. The summed E-state index contributed by atoms with van der Waals surface area (Å²) in [5.74, 6) is -0.0218. The van der Waals surface area contributed by atoms with Gasteiger partial charge in [-0.25, -0.2) is 9.59 Å². The maximum absolute atomic E-state index is 12.5. The highest BCUT2D eigenvalue weighted by Crippen LogP contribution is 2.45. The van der Waals surface area contributed by atoms with Crippen LogP contribution in [0, 0.1) is 0 Å². The van der Waals surface area contributed by atoms with Crippen molar-refractivity contribution in [1.29, 1.82) is 0 Å². The van der Waals surface area contributed by atoms with Crippen LogP contribution < -0.4 is 21.5 Å². The van der Waals surface area contributed by atoms with E-state index in [1.54, 1.807) is 6.92 Å². The van der Waals surface area contributed by atoms with Crippen LogP contribution in [-0.2, 0) is 9.53 Å². The van der Waals surface area contributed by atoms with Gasteiger partial charge in [-0.15, -0.1) is 0 Å². The summed E-state index contributed by atoms with van der Waals surface area (Å²) in [5, 5.41) is 2.98. The van der Waals surface area contributed by atoms with Crippen molar-refractivity contribution in [3.05, 3.63) is 57.1 Å². The molecule has 0 bridgehead atoms. The van der Waals surface area contributed by atoms with Crippen LogP contribution in [0.25, 0.3) is 0 Å². The van der Waals surface area contributed by atoms with Gasteiger partial charge in [0.15, 0.2) is 0 Å². The summed E-state index contributed by atoms with van der Waals surface area (Å²) in [7, 11) is 1.32. The molecule has 1 aromatic heterocycles. The lowest BCUT2D eigenvalue weighted by Crippen LogP contribution is -2.29. The van der Waals surface area contributed by atoms with Crippen LogP contribution in [0.4, 0.5) is 11.6 Å². The Labute approximate surface area is 150 Å². The largest absolute Gasteiger partial charge is 0.494 e. The number of rotatable bonds is 4. The molecular formula is C18H20N4O4. The van der Waals surface area contributed by atoms with E-state index >= 15 is 0 Å². The lowest BCUT2D eigenvalue weighted by Gasteiger charge is -2.30. The van der Waals surface area contributed by atoms with Crippen LogP contribution >= 0.6 is 0 Å². The number of fused-ring (bicyclic) bond motifs is 1. The number of nitrogens with one attached hydrogen (secondary N) is 2. The molecule has 0 saturated carbocycles. The monoisotopic (exact) mass is 356 g/mol. The summed E-state index contributed by atoms with van der Waals surface area (Å²) < 4.78 is 10.7. The fourth-order valence-electron chi connectivity index (χ4n) is 3.19. The third kappa shape index (κ3) is 2.90. The summed E-state index contributed by atoms with van der Waals surface area (Å²) in [5.41, 5.74) is 7.68. The molecule has 8 nitrogen and oxygen atoms in total. The molecule has 1 unspecified atom stereocenters. The number of nitrogens with two attached hydrogens (primary N) is 1. The van der Waals surface area contributed by atoms with Gasteiger partial charge in [-0.2, -0.15) is 4.98 Å². The Morgan fingerprint density at radius 1 is 1.35 bits per heavy atom. The lowest BCUT2D eigenvalue weighted by molar-refractivity contribution is -0.136. The Morgan fingerprint density at radius 2 is 2.08 bits per heavy atom. The Hall–Kier alpha value is -3.29. The molecule has 136 valence electrons. The number of nitrogens with zero attached hydrogens (tertiary/aromatic N) is 1. The first-order chi connectivity index (χ1) is 12.5. The maximum Gasteiger partial charge on any atom is 0.348 e. The molecule has 0 fully saturated rings. The molecule has 2 aromatic rings. The smallest absolute Gasteiger partial charge is 0.348 e. The minimum atomic E-state index is -0.592. The number of methoxy groups -OCH3 is 1. The number of carbonyl (C=O) groups is 1. The molecule has 1 aliphatic heterocycles. The number of aromatic nitrogens is 2. The van der Waals surface area contributed by atoms with Crippen LogP contribution in [0.2, 0.25) is 0 Å². The van der Waals surface area contributed by atoms with Gasteiger partial charge < -0.3 is 20.5 Å². The molecule has 0 radical (unpaired) electrons. The summed E-state index contributed by atoms with van der Waals surface area (Å²) >= 11 is 0. The molecule has 0 saturated heterocycles. The van der Waals surface area contributed by atoms with Crippen molar-refractivity contribution in [2.75, 3.05) is 24.8 Å². The number of esters is 1. The zero-order chi connectivity index (χ0) is 18.8. The van der Waals surface area contributed by atoms with Crippen molar-refractivity contribution < 1.29 is 14.3 Å². The fraction of sp³-hybridized carbons (Fsp3) is 0.278. The van der Waals surface area contributed by atoms with Gasteiger partial charge in [0.1, 0.15) is 17.4 Å². The van der Waals surface area contributed by atoms with Crippen molar-refractivity contribution in [1.82, 2.24) is 9.97 Å². The molecule has 1 aliphatic rings. The Morgan fingerprint density at radius 3 is 2.77 bits per heavy atom. The van der Waals surface area contributed by atoms with E-state index in [9.17, 15) is 9.59 Å². The number of hydrogen-bond donors (Lipinski definition) is 3. The number of ether oxygens (including phenoxy) is 2. The number of anilines is 2. The third-order valence-corrected chi connectivity index (χ3v) is 4.22. The number of para-hydroxylation sites is 1. The summed E-state index contributed by atoms with van der Waals surface area (Å²) in [6.45, 7) is 4.07. The summed E-state index contributed by atoms with van der Waals surface area (Å²) in [6, 6.07) is 7.37. The standard InChI is InChI=1S/C18H20N4O4/c1-4-26-11-8-6-5-7-10(11)13-12(17(23)25-3)9(2)20-16-14(13)15(19)21-18(24)22-16/h5-8,13H,4H2,1-3H3,(H4,19,20,21,22,24). The first-order valence-corrected chi connectivity index (χ1v) is 8.15. The highest BCUT2D eigenvalue weighted by atomic mass is 16.5. The second-order valence-electron chi connectivity index (χ2n) is 5.78. The van der Waals surface area contributed by atoms with Crippen LogP contribution in [0.15, 0.2) is 40.3 Å². The van der Waals surface area contributed by atoms with E-state index in [0.29, 0.717) is 35.0 Å². The second-order valence-corrected chi connectivity index (χ2v) is 5.78. The average Bonchev–Trinajstić information content (AvgIpc) is 2.60. The van der Waals surface area contributed by atoms with E-state index in [0.717, 1.165) is 5.56 Å². The number of allylic oxidation sites excluding steroid dienone is 1. The topological polar surface area (TPSA) is 119 Å². The molecule has 0 spiro atoms. The van der Waals surface area contributed by atoms with Gasteiger partial charge in [0.2, 0.25) is 0 Å². The predicted molar refractivity (Wildman–Crippen MR) is 97.1 cm³/mol. The zero-order valence-electron chi connectivity index (χ0n) is 14.8. The minimum absolute atomic E-state index is 0.137. The van der Waals surface area contributed by atoms with E-state index in [1.165, 1.54) is 7.11 Å². The molecular weight excluding hydrogens is 336 g/mol. The molecule has 26 heavy (non-hydrogen) atoms. The van der Waals surface area contributed by atoms with Crippen LogP contribution in [0.1, 0.15) is 30.9 Å². The third-order valence-electron chi connectivity index (χ3n) is 4.22. The number of hydrogen-bond acceptors (Lipinski definition) is 7. The van der Waals surface area contributed by atoms with Gasteiger partial charge in [0, 0.05) is 16.8 Å². The quantitative estimate of drug-likeness (QED) is 0.714. The Balaban J connectivity index is 2.32. The normalized spacial score (nSPS) is 15.9. The highest BCUT2D eigenvalue weighted by Gasteiger charge is 2.37. The number of H-pyrrole nitrogens is 1. The zero-order valence-corrected chi connectivity index (χ0v) is 14.8. The van der Waals surface area contributed by atoms with Gasteiger partial charge in [0.05, 0.1) is 25.2 Å². The molecule has 0 amide bonds. The number of carbonyl (C=O) groups excluding carboxylic acids is 1. The summed E-state index contributed by atoms with van der Waals surface area (Å²) in [6.07, 6.45) is 0. The van der Waals surface area contributed by atoms with Crippen LogP contribution in [0.5, 0.6) is 5.75 Å². The molecule has 2 heterocycles. The van der Waals surface area contributed by atoms with Gasteiger partial charge >= 0.3 is 11.7 Å². The van der Waals surface area contributed by atoms with Crippen molar-refractivity contribution >= 4 is 17.6 Å². The van der Waals surface area contributed by atoms with Crippen molar-refractivity contribution in [2.24, 2.45) is 0 Å². The lowest BCUT2D eigenvalue weighted by atomic mass is 9.81. The fourth-order valence-corrected chi connectivity index (χ4v) is 3.19. The molecule has 1 aromatic carbocycles. The van der Waals surface area contributed by atoms with Crippen molar-refractivity contribution in [3.63, 3.8) is 0 Å². The molecule has 0 aliphatic carbocycles. The summed E-state index contributed by atoms with van der Waals surface area (Å²) in [4.78, 5) is 30.7. The van der Waals surface area contributed by atoms with Crippen molar-refractivity contribution in [3.8, 4) is 5.75 Å². The highest BCUT2D eigenvalue weighted by molar-refractivity contribution is 5.95. The maximum atomic E-state index is 12.5. The molecule has 3 rings (SSSR count). The minimum Gasteiger partial charge on any atom is -0.494 e. The van der Waals surface area contributed by atoms with E-state index in [4.69, 9.17) is 15.2 Å². The first-order valence-electron chi connectivity index (χ1n) is 8.15. The molecule has 1 atom stereocenters. The number of benzene rings is 1. The van der Waals surface area contributed by atoms with E-state index in [2.05, 4.69) is 15.3 Å². The van der Waals surface area contributed by atoms with Crippen LogP contribution in [-0.4, -0.2) is 29.7 Å². The predicted octanol–water partition coefficient (Wildman–Crippen LogP) is 1.76. The van der Waals surface area contributed by atoms with Gasteiger partial charge in [0.25, 0.3) is 0 Å². The van der Waals surface area contributed by atoms with Gasteiger partial charge in [-0.05, 0) is 19.9 Å². The van der Waals surface area contributed by atoms with Gasteiger partial charge in [-0.1, -0.05) is 18.2 Å². The second kappa shape index (κ2) is 6.91. The average molecular weight is 356 g/mol. The van der Waals surface area contributed by atoms with E-state index in [-0.39, 0.29) is 5.82 Å². The Kier molecular flexibility index (Phi) is 4.66. The first kappa shape index (κ1) is 17.5.